The third-order valence-corrected chi connectivity index (χ3v) is 5.30. The average molecular weight is 369 g/mol. The highest BCUT2D eigenvalue weighted by Gasteiger charge is 2.24. The highest BCUT2D eigenvalue weighted by Crippen LogP contribution is 2.17. The van der Waals surface area contributed by atoms with Gasteiger partial charge in [-0.1, -0.05) is 38.0 Å². The van der Waals surface area contributed by atoms with E-state index < -0.39 is 15.6 Å². The van der Waals surface area contributed by atoms with E-state index in [0.717, 1.165) is 13.0 Å². The fourth-order valence-electron chi connectivity index (χ4n) is 2.35. The van der Waals surface area contributed by atoms with Gasteiger partial charge in [-0.2, -0.15) is 0 Å². The summed E-state index contributed by atoms with van der Waals surface area (Å²) in [5.74, 6) is 0.673. The van der Waals surface area contributed by atoms with E-state index in [0.29, 0.717) is 23.0 Å². The van der Waals surface area contributed by atoms with Crippen molar-refractivity contribution in [2.75, 3.05) is 13.6 Å². The van der Waals surface area contributed by atoms with E-state index in [9.17, 15) is 8.42 Å². The number of rotatable bonds is 8. The molecular weight excluding hydrogens is 336 g/mol. The van der Waals surface area contributed by atoms with Gasteiger partial charge in [-0.15, -0.1) is 0 Å². The Morgan fingerprint density at radius 3 is 2.40 bits per heavy atom. The number of guanidine groups is 1. The SMILES string of the molecule is CCCCCNC(=NC)NCc1ccccc1S(=O)(=O)NC(C)(C)C. The van der Waals surface area contributed by atoms with E-state index in [1.807, 2.05) is 32.9 Å². The zero-order valence-corrected chi connectivity index (χ0v) is 16.8. The summed E-state index contributed by atoms with van der Waals surface area (Å²) in [5, 5.41) is 6.43. The Bertz CT molecular complexity index is 664. The van der Waals surface area contributed by atoms with Crippen LogP contribution in [0.5, 0.6) is 0 Å². The fourth-order valence-corrected chi connectivity index (χ4v) is 4.01. The number of sulfonamides is 1. The van der Waals surface area contributed by atoms with Gasteiger partial charge in [0.15, 0.2) is 5.96 Å². The molecule has 1 aromatic rings. The van der Waals surface area contributed by atoms with Gasteiger partial charge < -0.3 is 10.6 Å². The summed E-state index contributed by atoms with van der Waals surface area (Å²) in [7, 11) is -1.87. The second-order valence-corrected chi connectivity index (χ2v) is 8.67. The Hall–Kier alpha value is -1.60. The summed E-state index contributed by atoms with van der Waals surface area (Å²) >= 11 is 0. The standard InChI is InChI=1S/C18H32N4O2S/c1-6-7-10-13-20-17(19-5)21-14-15-11-8-9-12-16(15)25(23,24)22-18(2,3)4/h8-9,11-12,22H,6-7,10,13-14H2,1-5H3,(H2,19,20,21). The summed E-state index contributed by atoms with van der Waals surface area (Å²) < 4.78 is 28.0. The Morgan fingerprint density at radius 1 is 1.12 bits per heavy atom. The summed E-state index contributed by atoms with van der Waals surface area (Å²) in [6.45, 7) is 8.87. The minimum absolute atomic E-state index is 0.291. The summed E-state index contributed by atoms with van der Waals surface area (Å²) in [5.41, 5.74) is 0.173. The first-order valence-electron chi connectivity index (χ1n) is 8.76. The van der Waals surface area contributed by atoms with Crippen molar-refractivity contribution in [1.82, 2.24) is 15.4 Å². The predicted molar refractivity (Wildman–Crippen MR) is 104 cm³/mol. The van der Waals surface area contributed by atoms with Gasteiger partial charge in [-0.05, 0) is 38.8 Å². The molecule has 3 N–H and O–H groups in total. The number of hydrogen-bond acceptors (Lipinski definition) is 3. The topological polar surface area (TPSA) is 82.6 Å². The van der Waals surface area contributed by atoms with Crippen molar-refractivity contribution in [3.63, 3.8) is 0 Å². The fraction of sp³-hybridized carbons (Fsp3) is 0.611. The Morgan fingerprint density at radius 2 is 1.80 bits per heavy atom. The zero-order valence-electron chi connectivity index (χ0n) is 16.0. The highest BCUT2D eigenvalue weighted by molar-refractivity contribution is 7.89. The maximum atomic E-state index is 12.6. The molecular formula is C18H32N4O2S. The molecule has 0 aliphatic rings. The van der Waals surface area contributed by atoms with Gasteiger partial charge >= 0.3 is 0 Å². The normalized spacial score (nSPS) is 12.9. The molecule has 7 heteroatoms. The summed E-state index contributed by atoms with van der Waals surface area (Å²) in [6.07, 6.45) is 3.42. The maximum Gasteiger partial charge on any atom is 0.241 e. The number of unbranched alkanes of at least 4 members (excludes halogenated alkanes) is 2. The van der Waals surface area contributed by atoms with Gasteiger partial charge in [-0.3, -0.25) is 4.99 Å². The first-order chi connectivity index (χ1) is 11.7. The van der Waals surface area contributed by atoms with Gasteiger partial charge in [0, 0.05) is 25.7 Å². The van der Waals surface area contributed by atoms with Crippen LogP contribution in [0.15, 0.2) is 34.2 Å². The van der Waals surface area contributed by atoms with E-state index in [2.05, 4.69) is 27.3 Å². The predicted octanol–water partition coefficient (Wildman–Crippen LogP) is 2.62. The first kappa shape index (κ1) is 21.4. The first-order valence-corrected chi connectivity index (χ1v) is 10.2. The van der Waals surface area contributed by atoms with Gasteiger partial charge in [0.25, 0.3) is 0 Å². The highest BCUT2D eigenvalue weighted by atomic mass is 32.2. The molecule has 1 rings (SSSR count). The molecule has 25 heavy (non-hydrogen) atoms. The quantitative estimate of drug-likeness (QED) is 0.374. The van der Waals surface area contributed by atoms with Crippen molar-refractivity contribution in [3.05, 3.63) is 29.8 Å². The minimum atomic E-state index is -3.58. The van der Waals surface area contributed by atoms with E-state index in [1.165, 1.54) is 12.8 Å². The lowest BCUT2D eigenvalue weighted by Gasteiger charge is -2.22. The molecule has 0 heterocycles. The van der Waals surface area contributed by atoms with Crippen LogP contribution in [-0.4, -0.2) is 33.5 Å². The molecule has 0 aromatic heterocycles. The minimum Gasteiger partial charge on any atom is -0.356 e. The number of aliphatic imine (C=N–C) groups is 1. The molecule has 0 atom stereocenters. The molecule has 1 aromatic carbocycles. The van der Waals surface area contributed by atoms with E-state index >= 15 is 0 Å². The van der Waals surface area contributed by atoms with E-state index in [4.69, 9.17) is 0 Å². The van der Waals surface area contributed by atoms with Gasteiger partial charge in [0.05, 0.1) is 4.90 Å². The number of nitrogens with one attached hydrogen (secondary N) is 3. The lowest BCUT2D eigenvalue weighted by molar-refractivity contribution is 0.491. The molecule has 0 amide bonds. The third kappa shape index (κ3) is 7.88. The van der Waals surface area contributed by atoms with E-state index in [-0.39, 0.29) is 0 Å². The maximum absolute atomic E-state index is 12.6. The summed E-state index contributed by atoms with van der Waals surface area (Å²) in [4.78, 5) is 4.47. The van der Waals surface area contributed by atoms with Crippen LogP contribution >= 0.6 is 0 Å². The van der Waals surface area contributed by atoms with Crippen LogP contribution in [0.4, 0.5) is 0 Å². The smallest absolute Gasteiger partial charge is 0.241 e. The lowest BCUT2D eigenvalue weighted by Crippen LogP contribution is -2.41. The summed E-state index contributed by atoms with van der Waals surface area (Å²) in [6, 6.07) is 7.01. The molecule has 0 saturated heterocycles. The molecule has 6 nitrogen and oxygen atoms in total. The van der Waals surface area contributed by atoms with Crippen molar-refractivity contribution in [1.29, 1.82) is 0 Å². The second kappa shape index (κ2) is 9.77. The van der Waals surface area contributed by atoms with Crippen LogP contribution in [-0.2, 0) is 16.6 Å². The third-order valence-electron chi connectivity index (χ3n) is 3.45. The Labute approximate surface area is 152 Å². The monoisotopic (exact) mass is 368 g/mol. The van der Waals surface area contributed by atoms with Crippen molar-refractivity contribution in [3.8, 4) is 0 Å². The number of hydrogen-bond donors (Lipinski definition) is 3. The molecule has 0 saturated carbocycles. The molecule has 0 spiro atoms. The molecule has 0 fully saturated rings. The second-order valence-electron chi connectivity index (χ2n) is 7.02. The van der Waals surface area contributed by atoms with Crippen molar-refractivity contribution in [2.45, 2.75) is 63.9 Å². The largest absolute Gasteiger partial charge is 0.356 e. The average Bonchev–Trinajstić information content (AvgIpc) is 2.52. The van der Waals surface area contributed by atoms with Gasteiger partial charge in [0.2, 0.25) is 10.0 Å². The molecule has 0 unspecified atom stereocenters. The van der Waals surface area contributed by atoms with Crippen LogP contribution in [0, 0.1) is 0 Å². The van der Waals surface area contributed by atoms with Crippen molar-refractivity contribution < 1.29 is 8.42 Å². The van der Waals surface area contributed by atoms with Crippen LogP contribution in [0.1, 0.15) is 52.5 Å². The van der Waals surface area contributed by atoms with Crippen LogP contribution < -0.4 is 15.4 Å². The Kier molecular flexibility index (Phi) is 8.38. The molecule has 0 aliphatic heterocycles. The van der Waals surface area contributed by atoms with Crippen molar-refractivity contribution in [2.24, 2.45) is 4.99 Å². The van der Waals surface area contributed by atoms with Crippen LogP contribution in [0.2, 0.25) is 0 Å². The molecule has 0 aliphatic carbocycles. The molecule has 142 valence electrons. The van der Waals surface area contributed by atoms with E-state index in [1.54, 1.807) is 19.2 Å². The van der Waals surface area contributed by atoms with Crippen LogP contribution in [0.25, 0.3) is 0 Å². The zero-order chi connectivity index (χ0) is 18.9. The lowest BCUT2D eigenvalue weighted by atomic mass is 10.1. The molecule has 0 radical (unpaired) electrons. The van der Waals surface area contributed by atoms with Gasteiger partial charge in [0.1, 0.15) is 0 Å². The van der Waals surface area contributed by atoms with Crippen LogP contribution in [0.3, 0.4) is 0 Å². The Balaban J connectivity index is 2.80. The van der Waals surface area contributed by atoms with Crippen molar-refractivity contribution >= 4 is 16.0 Å². The number of benzene rings is 1. The number of nitrogens with zero attached hydrogens (tertiary/aromatic N) is 1. The van der Waals surface area contributed by atoms with Gasteiger partial charge in [-0.25, -0.2) is 13.1 Å². The molecule has 0 bridgehead atoms.